The Bertz CT molecular complexity index is 1360. The van der Waals surface area contributed by atoms with Gasteiger partial charge in [-0.2, -0.15) is 0 Å². The molecule has 1 N–H and O–H groups in total. The van der Waals surface area contributed by atoms with Crippen molar-refractivity contribution in [3.63, 3.8) is 0 Å². The predicted molar refractivity (Wildman–Crippen MR) is 164 cm³/mol. The first-order chi connectivity index (χ1) is 19.5. The van der Waals surface area contributed by atoms with Gasteiger partial charge in [-0.15, -0.1) is 0 Å². The molecular weight excluding hydrogens is 494 g/mol. The number of H-pyrrole nitrogens is 1. The third kappa shape index (κ3) is 7.84. The molecule has 0 radical (unpaired) electrons. The van der Waals surface area contributed by atoms with Gasteiger partial charge >= 0.3 is 0 Å². The van der Waals surface area contributed by atoms with Gasteiger partial charge in [-0.3, -0.25) is 9.59 Å². The van der Waals surface area contributed by atoms with Crippen LogP contribution in [0.25, 0.3) is 10.9 Å². The Balaban J connectivity index is 1.46. The van der Waals surface area contributed by atoms with Gasteiger partial charge in [0.2, 0.25) is 5.91 Å². The first kappa shape index (κ1) is 29.1. The van der Waals surface area contributed by atoms with Crippen molar-refractivity contribution in [2.45, 2.75) is 71.9 Å². The van der Waals surface area contributed by atoms with Gasteiger partial charge in [0, 0.05) is 41.8 Å². The summed E-state index contributed by atoms with van der Waals surface area (Å²) >= 11 is 0. The summed E-state index contributed by atoms with van der Waals surface area (Å²) in [5.74, 6) is -0.143. The van der Waals surface area contributed by atoms with E-state index in [4.69, 9.17) is 0 Å². The Morgan fingerprint density at radius 1 is 0.800 bits per heavy atom. The summed E-state index contributed by atoms with van der Waals surface area (Å²) in [6.07, 6.45) is 8.70. The van der Waals surface area contributed by atoms with Crippen molar-refractivity contribution in [3.05, 3.63) is 107 Å². The summed E-state index contributed by atoms with van der Waals surface area (Å²) in [5, 5.41) is 1.18. The summed E-state index contributed by atoms with van der Waals surface area (Å²) in [6.45, 7) is 7.30. The number of unbranched alkanes of at least 4 members (excludes halogenated alkanes) is 3. The van der Waals surface area contributed by atoms with E-state index < -0.39 is 0 Å². The minimum Gasteiger partial charge on any atom is -0.361 e. The molecule has 2 amide bonds. The highest BCUT2D eigenvalue weighted by molar-refractivity contribution is 5.96. The van der Waals surface area contributed by atoms with Gasteiger partial charge in [0.25, 0.3) is 5.91 Å². The zero-order valence-corrected chi connectivity index (χ0v) is 24.2. The average molecular weight is 538 g/mol. The molecule has 5 heteroatoms. The third-order valence-corrected chi connectivity index (χ3v) is 7.60. The number of nitrogens with one attached hydrogen (secondary N) is 1. The number of hydrogen-bond acceptors (Lipinski definition) is 2. The van der Waals surface area contributed by atoms with E-state index in [1.54, 1.807) is 4.90 Å². The highest BCUT2D eigenvalue weighted by Gasteiger charge is 2.25. The molecule has 4 aromatic rings. The molecule has 1 heterocycles. The smallest absolute Gasteiger partial charge is 0.254 e. The van der Waals surface area contributed by atoms with E-state index >= 15 is 0 Å². The number of para-hydroxylation sites is 1. The molecule has 0 fully saturated rings. The molecule has 0 aliphatic rings. The maximum absolute atomic E-state index is 13.8. The highest BCUT2D eigenvalue weighted by atomic mass is 16.2. The first-order valence-corrected chi connectivity index (χ1v) is 14.7. The molecule has 0 spiro atoms. The van der Waals surface area contributed by atoms with Crippen molar-refractivity contribution >= 4 is 22.7 Å². The van der Waals surface area contributed by atoms with Gasteiger partial charge in [-0.25, -0.2) is 0 Å². The molecule has 0 saturated heterocycles. The van der Waals surface area contributed by atoms with Crippen molar-refractivity contribution in [1.29, 1.82) is 0 Å². The monoisotopic (exact) mass is 537 g/mol. The van der Waals surface area contributed by atoms with E-state index in [-0.39, 0.29) is 24.4 Å². The lowest BCUT2D eigenvalue weighted by Gasteiger charge is -2.30. The van der Waals surface area contributed by atoms with Gasteiger partial charge in [-0.05, 0) is 68.0 Å². The predicted octanol–water partition coefficient (Wildman–Crippen LogP) is 7.41. The van der Waals surface area contributed by atoms with Gasteiger partial charge in [0.15, 0.2) is 0 Å². The molecule has 210 valence electrons. The van der Waals surface area contributed by atoms with Crippen molar-refractivity contribution < 1.29 is 9.59 Å². The largest absolute Gasteiger partial charge is 0.361 e. The zero-order valence-electron chi connectivity index (χ0n) is 24.2. The van der Waals surface area contributed by atoms with Crippen LogP contribution < -0.4 is 0 Å². The number of amides is 2. The topological polar surface area (TPSA) is 56.4 Å². The Morgan fingerprint density at radius 2 is 1.52 bits per heavy atom. The number of hydrogen-bond donors (Lipinski definition) is 1. The van der Waals surface area contributed by atoms with E-state index in [2.05, 4.69) is 36.2 Å². The molecule has 0 aliphatic heterocycles. The highest BCUT2D eigenvalue weighted by Crippen LogP contribution is 2.19. The van der Waals surface area contributed by atoms with E-state index in [1.165, 1.54) is 42.2 Å². The molecule has 0 unspecified atom stereocenters. The molecule has 0 aliphatic carbocycles. The molecule has 5 nitrogen and oxygen atoms in total. The number of aryl methyl sites for hydroxylation is 1. The Kier molecular flexibility index (Phi) is 10.6. The zero-order chi connectivity index (χ0) is 28.3. The van der Waals surface area contributed by atoms with E-state index in [9.17, 15) is 9.59 Å². The van der Waals surface area contributed by atoms with Crippen LogP contribution in [-0.4, -0.2) is 45.7 Å². The molecule has 0 saturated carbocycles. The van der Waals surface area contributed by atoms with Gasteiger partial charge in [-0.1, -0.05) is 86.8 Å². The van der Waals surface area contributed by atoms with Crippen LogP contribution in [0.15, 0.2) is 85.1 Å². The fraction of sp³-hybridized carbons (Fsp3) is 0.371. The van der Waals surface area contributed by atoms with E-state index in [1.807, 2.05) is 79.5 Å². The number of rotatable bonds is 14. The SMILES string of the molecule is CCCCCCc1ccc(C(=O)N(CC(=O)N(CCc2c[nH]c3ccccc23)Cc2ccccc2)C(C)C)cc1. The first-order valence-electron chi connectivity index (χ1n) is 14.7. The summed E-state index contributed by atoms with van der Waals surface area (Å²) in [6, 6.07) is 26.1. The number of nitrogens with zero attached hydrogens (tertiary/aromatic N) is 2. The van der Waals surface area contributed by atoms with Crippen LogP contribution in [0, 0.1) is 0 Å². The van der Waals surface area contributed by atoms with Crippen molar-refractivity contribution in [1.82, 2.24) is 14.8 Å². The van der Waals surface area contributed by atoms with E-state index in [0.717, 1.165) is 23.9 Å². The Labute approximate surface area is 239 Å². The van der Waals surface area contributed by atoms with Crippen molar-refractivity contribution in [2.75, 3.05) is 13.1 Å². The van der Waals surface area contributed by atoms with Gasteiger partial charge < -0.3 is 14.8 Å². The summed E-state index contributed by atoms with van der Waals surface area (Å²) in [5.41, 5.74) is 5.25. The van der Waals surface area contributed by atoms with Crippen LogP contribution >= 0.6 is 0 Å². The van der Waals surface area contributed by atoms with Crippen molar-refractivity contribution in [2.24, 2.45) is 0 Å². The quantitative estimate of drug-likeness (QED) is 0.170. The number of aromatic amines is 1. The second kappa shape index (κ2) is 14.5. The minimum absolute atomic E-state index is 0.0433. The minimum atomic E-state index is -0.0998. The maximum Gasteiger partial charge on any atom is 0.254 e. The Hall–Kier alpha value is -3.86. The van der Waals surface area contributed by atoms with Crippen LogP contribution in [0.2, 0.25) is 0 Å². The van der Waals surface area contributed by atoms with Crippen molar-refractivity contribution in [3.8, 4) is 0 Å². The molecule has 4 rings (SSSR count). The number of aromatic nitrogens is 1. The third-order valence-electron chi connectivity index (χ3n) is 7.60. The summed E-state index contributed by atoms with van der Waals surface area (Å²) < 4.78 is 0. The molecule has 0 atom stereocenters. The number of fused-ring (bicyclic) bond motifs is 1. The number of carbonyl (C=O) groups excluding carboxylic acids is 2. The Morgan fingerprint density at radius 3 is 2.25 bits per heavy atom. The van der Waals surface area contributed by atoms with Crippen LogP contribution in [0.4, 0.5) is 0 Å². The lowest BCUT2D eigenvalue weighted by Crippen LogP contribution is -2.46. The lowest BCUT2D eigenvalue weighted by atomic mass is 10.0. The number of carbonyl (C=O) groups is 2. The van der Waals surface area contributed by atoms with E-state index in [0.29, 0.717) is 18.7 Å². The second-order valence-electron chi connectivity index (χ2n) is 10.9. The standard InChI is InChI=1S/C35H43N3O2/c1-4-5-6-8-13-28-18-20-30(21-19-28)35(40)38(27(2)3)26-34(39)37(25-29-14-9-7-10-15-29)23-22-31-24-36-33-17-12-11-16-32(31)33/h7,9-12,14-21,24,27,36H,4-6,8,13,22-23,25-26H2,1-3H3. The molecule has 3 aromatic carbocycles. The van der Waals surface area contributed by atoms with Gasteiger partial charge in [0.05, 0.1) is 0 Å². The summed E-state index contributed by atoms with van der Waals surface area (Å²) in [4.78, 5) is 34.2. The molecular formula is C35H43N3O2. The van der Waals surface area contributed by atoms with Crippen LogP contribution in [0.5, 0.6) is 0 Å². The number of benzene rings is 3. The lowest BCUT2D eigenvalue weighted by molar-refractivity contribution is -0.132. The normalized spacial score (nSPS) is 11.2. The summed E-state index contributed by atoms with van der Waals surface area (Å²) in [7, 11) is 0. The van der Waals surface area contributed by atoms with Crippen LogP contribution in [-0.2, 0) is 24.2 Å². The fourth-order valence-corrected chi connectivity index (χ4v) is 5.16. The van der Waals surface area contributed by atoms with Gasteiger partial charge in [0.1, 0.15) is 6.54 Å². The average Bonchev–Trinajstić information content (AvgIpc) is 3.39. The van der Waals surface area contributed by atoms with Crippen LogP contribution in [0.3, 0.4) is 0 Å². The molecule has 40 heavy (non-hydrogen) atoms. The molecule has 0 bridgehead atoms. The molecule has 1 aromatic heterocycles. The maximum atomic E-state index is 13.8. The van der Waals surface area contributed by atoms with Crippen LogP contribution in [0.1, 0.15) is 73.5 Å². The fourth-order valence-electron chi connectivity index (χ4n) is 5.16. The second-order valence-corrected chi connectivity index (χ2v) is 10.9.